The molecule has 0 spiro atoms. The monoisotopic (exact) mass is 602 g/mol. The highest BCUT2D eigenvalue weighted by Crippen LogP contribution is 2.54. The first kappa shape index (κ1) is 31.0. The minimum Gasteiger partial charge on any atom is -0.490 e. The summed E-state index contributed by atoms with van der Waals surface area (Å²) in [4.78, 5) is 52.2. The van der Waals surface area contributed by atoms with E-state index < -0.39 is 16.8 Å². The van der Waals surface area contributed by atoms with Crippen molar-refractivity contribution in [3.8, 4) is 11.5 Å². The van der Waals surface area contributed by atoms with Crippen molar-refractivity contribution < 1.29 is 33.9 Å². The first-order valence-electron chi connectivity index (χ1n) is 14.8. The standard InChI is InChI=1S/C34H38N2O8/c1-6-43-28-13-21(9-12-27(28)44-19-20-7-10-22(11-8-20)36(41)42)30-31-23(14-33(2,3)16-25(31)37)35(18-29(39)40)24-15-34(4,5)17-26(38)32(24)30/h7-13,30H,6,14-19H2,1-5H3,(H,39,40). The van der Waals surface area contributed by atoms with Gasteiger partial charge in [-0.1, -0.05) is 33.8 Å². The predicted octanol–water partition coefficient (Wildman–Crippen LogP) is 6.34. The van der Waals surface area contributed by atoms with Gasteiger partial charge in [0.25, 0.3) is 5.69 Å². The molecule has 0 aromatic heterocycles. The van der Waals surface area contributed by atoms with Gasteiger partial charge in [0, 0.05) is 53.4 Å². The molecule has 0 atom stereocenters. The molecule has 0 fully saturated rings. The van der Waals surface area contributed by atoms with Gasteiger partial charge >= 0.3 is 5.97 Å². The number of hydrogen-bond donors (Lipinski definition) is 1. The Balaban J connectivity index is 1.60. The van der Waals surface area contributed by atoms with Crippen molar-refractivity contribution in [1.29, 1.82) is 0 Å². The van der Waals surface area contributed by atoms with Gasteiger partial charge in [0.1, 0.15) is 13.2 Å². The average molecular weight is 603 g/mol. The summed E-state index contributed by atoms with van der Waals surface area (Å²) in [5, 5.41) is 20.9. The number of Topliss-reactive ketones (excluding diaryl/α,β-unsaturated/α-hetero) is 2. The topological polar surface area (TPSA) is 136 Å². The normalized spacial score (nSPS) is 19.4. The number of benzene rings is 2. The number of carboxylic acids is 1. The number of nitrogens with zero attached hydrogens (tertiary/aromatic N) is 2. The molecule has 1 aliphatic heterocycles. The summed E-state index contributed by atoms with van der Waals surface area (Å²) in [6.45, 7) is 10.0. The van der Waals surface area contributed by atoms with E-state index in [0.717, 1.165) is 5.56 Å². The van der Waals surface area contributed by atoms with E-state index >= 15 is 0 Å². The van der Waals surface area contributed by atoms with Gasteiger partial charge in [-0.25, -0.2) is 0 Å². The maximum Gasteiger partial charge on any atom is 0.323 e. The summed E-state index contributed by atoms with van der Waals surface area (Å²) >= 11 is 0. The maximum absolute atomic E-state index is 13.9. The van der Waals surface area contributed by atoms with Crippen LogP contribution in [0.4, 0.5) is 5.69 Å². The number of nitro benzene ring substituents is 1. The van der Waals surface area contributed by atoms with Crippen LogP contribution in [0.3, 0.4) is 0 Å². The Morgan fingerprint density at radius 3 is 1.98 bits per heavy atom. The molecule has 0 saturated heterocycles. The lowest BCUT2D eigenvalue weighted by Gasteiger charge is -2.48. The second kappa shape index (κ2) is 11.6. The maximum atomic E-state index is 13.9. The summed E-state index contributed by atoms with van der Waals surface area (Å²) in [7, 11) is 0. The van der Waals surface area contributed by atoms with Gasteiger partial charge in [-0.3, -0.25) is 24.5 Å². The number of allylic oxidation sites excluding steroid dienone is 4. The second-order valence-electron chi connectivity index (χ2n) is 13.4. The van der Waals surface area contributed by atoms with E-state index in [1.807, 2.05) is 46.8 Å². The summed E-state index contributed by atoms with van der Waals surface area (Å²) in [6, 6.07) is 11.5. The van der Waals surface area contributed by atoms with Crippen molar-refractivity contribution in [2.75, 3.05) is 13.2 Å². The molecule has 0 saturated carbocycles. The van der Waals surface area contributed by atoms with Gasteiger partial charge in [-0.15, -0.1) is 0 Å². The van der Waals surface area contributed by atoms with Crippen LogP contribution < -0.4 is 9.47 Å². The second-order valence-corrected chi connectivity index (χ2v) is 13.4. The third-order valence-electron chi connectivity index (χ3n) is 8.46. The molecular formula is C34H38N2O8. The highest BCUT2D eigenvalue weighted by Gasteiger charge is 2.49. The van der Waals surface area contributed by atoms with Crippen LogP contribution in [0.15, 0.2) is 65.0 Å². The predicted molar refractivity (Wildman–Crippen MR) is 162 cm³/mol. The van der Waals surface area contributed by atoms with Crippen LogP contribution in [0.5, 0.6) is 11.5 Å². The van der Waals surface area contributed by atoms with Crippen molar-refractivity contribution in [2.45, 2.75) is 72.8 Å². The lowest BCUT2D eigenvalue weighted by Crippen LogP contribution is -2.45. The zero-order chi connectivity index (χ0) is 32.0. The molecule has 3 aliphatic rings. The van der Waals surface area contributed by atoms with Crippen LogP contribution in [-0.4, -0.2) is 45.6 Å². The van der Waals surface area contributed by atoms with E-state index in [-0.39, 0.29) is 41.2 Å². The van der Waals surface area contributed by atoms with Gasteiger partial charge in [-0.05, 0) is 66.0 Å². The van der Waals surface area contributed by atoms with E-state index in [1.54, 1.807) is 23.1 Å². The van der Waals surface area contributed by atoms with Crippen LogP contribution in [0, 0.1) is 20.9 Å². The summed E-state index contributed by atoms with van der Waals surface area (Å²) < 4.78 is 12.0. The smallest absolute Gasteiger partial charge is 0.323 e. The first-order valence-corrected chi connectivity index (χ1v) is 14.8. The zero-order valence-electron chi connectivity index (χ0n) is 25.8. The van der Waals surface area contributed by atoms with Crippen LogP contribution in [0.1, 0.15) is 77.3 Å². The molecular weight excluding hydrogens is 564 g/mol. The van der Waals surface area contributed by atoms with Gasteiger partial charge in [0.15, 0.2) is 23.1 Å². The summed E-state index contributed by atoms with van der Waals surface area (Å²) in [6.07, 6.45) is 1.61. The highest BCUT2D eigenvalue weighted by atomic mass is 16.6. The molecule has 232 valence electrons. The van der Waals surface area contributed by atoms with Crippen molar-refractivity contribution in [3.63, 3.8) is 0 Å². The molecule has 5 rings (SSSR count). The number of ether oxygens (including phenoxy) is 2. The SMILES string of the molecule is CCOc1cc(C2C3=C(CC(C)(C)CC3=O)N(CC(=O)O)C3=C2C(=O)CC(C)(C)C3)ccc1OCc1ccc([N+](=O)[O-])cc1. The molecule has 0 unspecified atom stereocenters. The average Bonchev–Trinajstić information content (AvgIpc) is 2.92. The number of nitro groups is 1. The largest absolute Gasteiger partial charge is 0.490 e. The molecule has 1 N–H and O–H groups in total. The van der Waals surface area contributed by atoms with Crippen molar-refractivity contribution in [3.05, 3.63) is 86.2 Å². The Morgan fingerprint density at radius 1 is 0.909 bits per heavy atom. The van der Waals surface area contributed by atoms with Crippen LogP contribution in [0.2, 0.25) is 0 Å². The number of aliphatic carboxylic acids is 1. The van der Waals surface area contributed by atoms with Crippen molar-refractivity contribution >= 4 is 23.2 Å². The molecule has 10 heteroatoms. The van der Waals surface area contributed by atoms with E-state index in [1.165, 1.54) is 12.1 Å². The number of carbonyl (C=O) groups excluding carboxylic acids is 2. The van der Waals surface area contributed by atoms with E-state index in [2.05, 4.69) is 0 Å². The molecule has 2 aromatic rings. The highest BCUT2D eigenvalue weighted by molar-refractivity contribution is 6.07. The minimum absolute atomic E-state index is 0.00819. The lowest BCUT2D eigenvalue weighted by atomic mass is 9.63. The number of ketones is 2. The molecule has 0 amide bonds. The molecule has 0 bridgehead atoms. The van der Waals surface area contributed by atoms with Crippen molar-refractivity contribution in [2.24, 2.45) is 10.8 Å². The first-order chi connectivity index (χ1) is 20.7. The number of hydrogen-bond acceptors (Lipinski definition) is 8. The number of carbonyl (C=O) groups is 3. The third kappa shape index (κ3) is 6.11. The Labute approximate surface area is 256 Å². The summed E-state index contributed by atoms with van der Waals surface area (Å²) in [5.41, 5.74) is 3.03. The van der Waals surface area contributed by atoms with Crippen LogP contribution >= 0.6 is 0 Å². The fourth-order valence-corrected chi connectivity index (χ4v) is 6.67. The van der Waals surface area contributed by atoms with E-state index in [4.69, 9.17) is 9.47 Å². The fourth-order valence-electron chi connectivity index (χ4n) is 6.67. The number of carboxylic acid groups (broad SMARTS) is 1. The summed E-state index contributed by atoms with van der Waals surface area (Å²) in [5.74, 6) is -0.957. The van der Waals surface area contributed by atoms with Crippen LogP contribution in [-0.2, 0) is 21.0 Å². The molecule has 0 radical (unpaired) electrons. The Bertz CT molecular complexity index is 1550. The number of rotatable bonds is 9. The Hall–Kier alpha value is -4.47. The molecule has 1 heterocycles. The van der Waals surface area contributed by atoms with Gasteiger partial charge in [-0.2, -0.15) is 0 Å². The van der Waals surface area contributed by atoms with E-state index in [0.29, 0.717) is 71.9 Å². The van der Waals surface area contributed by atoms with Gasteiger partial charge in [0.05, 0.1) is 11.5 Å². The zero-order valence-corrected chi connectivity index (χ0v) is 25.8. The lowest BCUT2D eigenvalue weighted by molar-refractivity contribution is -0.384. The Morgan fingerprint density at radius 2 is 1.48 bits per heavy atom. The molecule has 44 heavy (non-hydrogen) atoms. The van der Waals surface area contributed by atoms with Gasteiger partial charge in [0.2, 0.25) is 0 Å². The number of non-ortho nitro benzene ring substituents is 1. The third-order valence-corrected chi connectivity index (χ3v) is 8.46. The fraction of sp³-hybridized carbons (Fsp3) is 0.441. The minimum atomic E-state index is -1.03. The quantitative estimate of drug-likeness (QED) is 0.257. The molecule has 2 aromatic carbocycles. The van der Waals surface area contributed by atoms with Gasteiger partial charge < -0.3 is 19.5 Å². The van der Waals surface area contributed by atoms with Crippen molar-refractivity contribution in [1.82, 2.24) is 4.90 Å². The molecule has 2 aliphatic carbocycles. The Kier molecular flexibility index (Phi) is 8.13. The van der Waals surface area contributed by atoms with Crippen LogP contribution in [0.25, 0.3) is 0 Å². The molecule has 10 nitrogen and oxygen atoms in total. The van der Waals surface area contributed by atoms with E-state index in [9.17, 15) is 29.6 Å².